The van der Waals surface area contributed by atoms with E-state index in [1.54, 1.807) is 13.1 Å². The number of nitrogens with zero attached hydrogens (tertiary/aromatic N) is 2. The van der Waals surface area contributed by atoms with Crippen molar-refractivity contribution in [2.75, 3.05) is 5.32 Å². The van der Waals surface area contributed by atoms with Gasteiger partial charge in [0.1, 0.15) is 5.75 Å². The monoisotopic (exact) mass is 299 g/mol. The minimum Gasteiger partial charge on any atom is -0.481 e. The third-order valence-corrected chi connectivity index (χ3v) is 3.22. The number of anilines is 1. The van der Waals surface area contributed by atoms with Crippen molar-refractivity contribution in [3.8, 4) is 5.75 Å². The number of rotatable bonds is 4. The Morgan fingerprint density at radius 3 is 2.41 bits per heavy atom. The molecule has 2 rings (SSSR count). The molecule has 1 aromatic heterocycles. The summed E-state index contributed by atoms with van der Waals surface area (Å²) >= 11 is 0. The van der Waals surface area contributed by atoms with Gasteiger partial charge in [0.2, 0.25) is 0 Å². The normalized spacial score (nSPS) is 12.5. The second-order valence-electron chi connectivity index (χ2n) is 6.11. The molecule has 0 fully saturated rings. The molecule has 1 heterocycles. The van der Waals surface area contributed by atoms with Crippen LogP contribution < -0.4 is 10.1 Å². The van der Waals surface area contributed by atoms with Gasteiger partial charge >= 0.3 is 0 Å². The van der Waals surface area contributed by atoms with Gasteiger partial charge in [-0.3, -0.25) is 9.78 Å². The van der Waals surface area contributed by atoms with Crippen LogP contribution in [-0.2, 0) is 10.2 Å². The summed E-state index contributed by atoms with van der Waals surface area (Å²) in [6, 6.07) is 7.80. The molecule has 1 N–H and O–H groups in total. The molecule has 2 aromatic rings. The number of amides is 1. The highest BCUT2D eigenvalue weighted by atomic mass is 16.5. The molecule has 0 bridgehead atoms. The van der Waals surface area contributed by atoms with Crippen LogP contribution in [0.5, 0.6) is 5.75 Å². The molecule has 22 heavy (non-hydrogen) atoms. The van der Waals surface area contributed by atoms with Crippen molar-refractivity contribution in [3.05, 3.63) is 48.4 Å². The van der Waals surface area contributed by atoms with Gasteiger partial charge in [0.25, 0.3) is 5.91 Å². The quantitative estimate of drug-likeness (QED) is 0.941. The lowest BCUT2D eigenvalue weighted by Gasteiger charge is -2.20. The van der Waals surface area contributed by atoms with Crippen LogP contribution in [0.4, 0.5) is 5.82 Å². The van der Waals surface area contributed by atoms with E-state index in [0.29, 0.717) is 11.6 Å². The summed E-state index contributed by atoms with van der Waals surface area (Å²) in [5, 5.41) is 2.66. The maximum Gasteiger partial charge on any atom is 0.266 e. The summed E-state index contributed by atoms with van der Waals surface area (Å²) in [5.74, 6) is 0.807. The van der Waals surface area contributed by atoms with Crippen LogP contribution in [0.3, 0.4) is 0 Å². The number of aromatic nitrogens is 2. The SMILES string of the molecule is C[C@H](Oc1ccc(C(C)(C)C)cc1)C(=O)Nc1cnccn1. The molecule has 0 saturated heterocycles. The average Bonchev–Trinajstić information content (AvgIpc) is 2.48. The van der Waals surface area contributed by atoms with E-state index >= 15 is 0 Å². The summed E-state index contributed by atoms with van der Waals surface area (Å²) in [7, 11) is 0. The number of hydrogen-bond donors (Lipinski definition) is 1. The second-order valence-corrected chi connectivity index (χ2v) is 6.11. The Balaban J connectivity index is 1.96. The van der Waals surface area contributed by atoms with Gasteiger partial charge in [0.05, 0.1) is 6.20 Å². The van der Waals surface area contributed by atoms with E-state index in [2.05, 4.69) is 36.1 Å². The first-order valence-electron chi connectivity index (χ1n) is 7.20. The second kappa shape index (κ2) is 6.56. The molecule has 1 amide bonds. The van der Waals surface area contributed by atoms with Crippen LogP contribution >= 0.6 is 0 Å². The number of carbonyl (C=O) groups is 1. The van der Waals surface area contributed by atoms with E-state index in [1.807, 2.05) is 24.3 Å². The van der Waals surface area contributed by atoms with Crippen molar-refractivity contribution >= 4 is 11.7 Å². The van der Waals surface area contributed by atoms with Gasteiger partial charge < -0.3 is 10.1 Å². The van der Waals surface area contributed by atoms with E-state index < -0.39 is 6.10 Å². The molecule has 1 aromatic carbocycles. The van der Waals surface area contributed by atoms with Crippen LogP contribution in [0.1, 0.15) is 33.3 Å². The van der Waals surface area contributed by atoms with Crippen molar-refractivity contribution in [1.29, 1.82) is 0 Å². The number of ether oxygens (including phenoxy) is 1. The van der Waals surface area contributed by atoms with E-state index in [0.717, 1.165) is 0 Å². The summed E-state index contributed by atoms with van der Waals surface area (Å²) in [5.41, 5.74) is 1.31. The smallest absolute Gasteiger partial charge is 0.266 e. The molecule has 116 valence electrons. The topological polar surface area (TPSA) is 64.1 Å². The summed E-state index contributed by atoms with van der Waals surface area (Å²) < 4.78 is 5.66. The molecular formula is C17H21N3O2. The highest BCUT2D eigenvalue weighted by Gasteiger charge is 2.17. The van der Waals surface area contributed by atoms with Crippen LogP contribution in [0.2, 0.25) is 0 Å². The van der Waals surface area contributed by atoms with Gasteiger partial charge in [-0.1, -0.05) is 32.9 Å². The first kappa shape index (κ1) is 15.9. The summed E-state index contributed by atoms with van der Waals surface area (Å²) in [6.45, 7) is 8.16. The molecule has 5 nitrogen and oxygen atoms in total. The lowest BCUT2D eigenvalue weighted by molar-refractivity contribution is -0.122. The zero-order valence-corrected chi connectivity index (χ0v) is 13.3. The van der Waals surface area contributed by atoms with Gasteiger partial charge in [0, 0.05) is 12.4 Å². The van der Waals surface area contributed by atoms with Crippen molar-refractivity contribution < 1.29 is 9.53 Å². The van der Waals surface area contributed by atoms with Crippen molar-refractivity contribution in [1.82, 2.24) is 9.97 Å². The molecule has 0 radical (unpaired) electrons. The number of carbonyl (C=O) groups excluding carboxylic acids is 1. The van der Waals surface area contributed by atoms with Crippen LogP contribution in [0, 0.1) is 0 Å². The fourth-order valence-electron chi connectivity index (χ4n) is 1.88. The van der Waals surface area contributed by atoms with E-state index in [9.17, 15) is 4.79 Å². The number of nitrogens with one attached hydrogen (secondary N) is 1. The van der Waals surface area contributed by atoms with Crippen molar-refractivity contribution in [3.63, 3.8) is 0 Å². The van der Waals surface area contributed by atoms with Crippen LogP contribution in [-0.4, -0.2) is 22.0 Å². The Kier molecular flexibility index (Phi) is 4.75. The maximum atomic E-state index is 12.0. The fraction of sp³-hybridized carbons (Fsp3) is 0.353. The number of hydrogen-bond acceptors (Lipinski definition) is 4. The Morgan fingerprint density at radius 1 is 1.18 bits per heavy atom. The largest absolute Gasteiger partial charge is 0.481 e. The molecule has 0 saturated carbocycles. The molecule has 0 unspecified atom stereocenters. The highest BCUT2D eigenvalue weighted by Crippen LogP contribution is 2.24. The van der Waals surface area contributed by atoms with E-state index in [4.69, 9.17) is 4.74 Å². The minimum atomic E-state index is -0.623. The number of benzene rings is 1. The Bertz CT molecular complexity index is 619. The first-order valence-corrected chi connectivity index (χ1v) is 7.20. The Hall–Kier alpha value is -2.43. The van der Waals surface area contributed by atoms with Crippen LogP contribution in [0.15, 0.2) is 42.9 Å². The Morgan fingerprint density at radius 2 is 1.86 bits per heavy atom. The first-order chi connectivity index (χ1) is 10.4. The summed E-state index contributed by atoms with van der Waals surface area (Å²) in [6.07, 6.45) is 3.93. The van der Waals surface area contributed by atoms with Gasteiger partial charge in [-0.2, -0.15) is 0 Å². The molecular weight excluding hydrogens is 278 g/mol. The molecule has 0 spiro atoms. The lowest BCUT2D eigenvalue weighted by Crippen LogP contribution is -2.30. The standard InChI is InChI=1S/C17H21N3O2/c1-12(16(21)20-15-11-18-9-10-19-15)22-14-7-5-13(6-8-14)17(2,3)4/h5-12H,1-4H3,(H,19,20,21)/t12-/m0/s1. The minimum absolute atomic E-state index is 0.0908. The zero-order valence-electron chi connectivity index (χ0n) is 13.3. The van der Waals surface area contributed by atoms with E-state index in [1.165, 1.54) is 18.0 Å². The fourth-order valence-corrected chi connectivity index (χ4v) is 1.88. The molecule has 0 aliphatic carbocycles. The van der Waals surface area contributed by atoms with Gasteiger partial charge in [0.15, 0.2) is 11.9 Å². The van der Waals surface area contributed by atoms with Gasteiger partial charge in [-0.15, -0.1) is 0 Å². The van der Waals surface area contributed by atoms with E-state index in [-0.39, 0.29) is 11.3 Å². The predicted octanol–water partition coefficient (Wildman–Crippen LogP) is 3.18. The van der Waals surface area contributed by atoms with Crippen molar-refractivity contribution in [2.24, 2.45) is 0 Å². The predicted molar refractivity (Wildman–Crippen MR) is 85.9 cm³/mol. The molecule has 5 heteroatoms. The van der Waals surface area contributed by atoms with Crippen LogP contribution in [0.25, 0.3) is 0 Å². The third kappa shape index (κ3) is 4.28. The molecule has 1 atom stereocenters. The molecule has 0 aliphatic rings. The Labute approximate surface area is 130 Å². The lowest BCUT2D eigenvalue weighted by atomic mass is 9.87. The average molecular weight is 299 g/mol. The van der Waals surface area contributed by atoms with Crippen molar-refractivity contribution in [2.45, 2.75) is 39.2 Å². The zero-order chi connectivity index (χ0) is 16.2. The molecule has 0 aliphatic heterocycles. The third-order valence-electron chi connectivity index (χ3n) is 3.22. The van der Waals surface area contributed by atoms with Gasteiger partial charge in [-0.05, 0) is 30.0 Å². The highest BCUT2D eigenvalue weighted by molar-refractivity contribution is 5.93. The summed E-state index contributed by atoms with van der Waals surface area (Å²) in [4.78, 5) is 19.9. The van der Waals surface area contributed by atoms with Gasteiger partial charge in [-0.25, -0.2) is 4.98 Å². The maximum absolute atomic E-state index is 12.0.